The van der Waals surface area contributed by atoms with E-state index in [1.807, 2.05) is 17.0 Å². The van der Waals surface area contributed by atoms with Crippen LogP contribution in [0.5, 0.6) is 0 Å². The van der Waals surface area contributed by atoms with Gasteiger partial charge in [0.2, 0.25) is 5.96 Å². The van der Waals surface area contributed by atoms with Gasteiger partial charge in [-0.05, 0) is 30.5 Å². The first kappa shape index (κ1) is 24.6. The molecule has 0 bridgehead atoms. The zero-order valence-electron chi connectivity index (χ0n) is 17.3. The fraction of sp³-hybridized carbons (Fsp3) is 0.619. The summed E-state index contributed by atoms with van der Waals surface area (Å²) in [5.74, 6) is 0.616. The van der Waals surface area contributed by atoms with E-state index in [9.17, 15) is 0 Å². The minimum absolute atomic E-state index is 0.238. The average molecular weight is 428 g/mol. The molecule has 0 aliphatic heterocycles. The van der Waals surface area contributed by atoms with Crippen LogP contribution in [0.15, 0.2) is 28.2 Å². The fourth-order valence-corrected chi connectivity index (χ4v) is 3.11. The van der Waals surface area contributed by atoms with Crippen molar-refractivity contribution in [2.75, 3.05) is 13.1 Å². The molecule has 0 aliphatic carbocycles. The molecule has 0 atom stereocenters. The number of rotatable bonds is 12. The van der Waals surface area contributed by atoms with E-state index in [2.05, 4.69) is 23.8 Å². The Hall–Kier alpha value is -1.46. The summed E-state index contributed by atoms with van der Waals surface area (Å²) in [7, 11) is 0. The van der Waals surface area contributed by atoms with E-state index in [1.165, 1.54) is 32.1 Å². The third kappa shape index (κ3) is 10.2. The molecule has 0 radical (unpaired) electrons. The van der Waals surface area contributed by atoms with Crippen molar-refractivity contribution in [2.45, 2.75) is 71.8 Å². The van der Waals surface area contributed by atoms with Gasteiger partial charge in [-0.3, -0.25) is 4.99 Å². The van der Waals surface area contributed by atoms with Gasteiger partial charge in [-0.25, -0.2) is 0 Å². The van der Waals surface area contributed by atoms with Gasteiger partial charge in [0.25, 0.3) is 0 Å². The number of benzene rings is 1. The van der Waals surface area contributed by atoms with Crippen molar-refractivity contribution in [3.05, 3.63) is 33.8 Å². The van der Waals surface area contributed by atoms with Crippen LogP contribution in [0.3, 0.4) is 0 Å². The largest absolute Gasteiger partial charge is 0.369 e. The Morgan fingerprint density at radius 3 is 2.29 bits per heavy atom. The van der Waals surface area contributed by atoms with E-state index >= 15 is 0 Å². The summed E-state index contributed by atoms with van der Waals surface area (Å²) in [4.78, 5) is 10.6. The second kappa shape index (κ2) is 14.5. The Bertz CT molecular complexity index is 631. The molecule has 4 N–H and O–H groups in total. The summed E-state index contributed by atoms with van der Waals surface area (Å²) >= 11 is 12.1. The zero-order chi connectivity index (χ0) is 20.8. The quantitative estimate of drug-likeness (QED) is 0.259. The maximum atomic E-state index is 6.22. The van der Waals surface area contributed by atoms with Crippen LogP contribution in [0.2, 0.25) is 10.0 Å². The van der Waals surface area contributed by atoms with Crippen molar-refractivity contribution in [1.29, 1.82) is 0 Å². The second-order valence-electron chi connectivity index (χ2n) is 7.00. The molecular weight excluding hydrogens is 393 g/mol. The maximum Gasteiger partial charge on any atom is 0.218 e. The molecule has 28 heavy (non-hydrogen) atoms. The third-order valence-electron chi connectivity index (χ3n) is 4.48. The lowest BCUT2D eigenvalue weighted by Crippen LogP contribution is -2.39. The van der Waals surface area contributed by atoms with Crippen LogP contribution < -0.4 is 11.5 Å². The minimum atomic E-state index is 0.238. The highest BCUT2D eigenvalue weighted by Crippen LogP contribution is 2.23. The third-order valence-corrected chi connectivity index (χ3v) is 5.22. The molecule has 0 spiro atoms. The smallest absolute Gasteiger partial charge is 0.218 e. The second-order valence-corrected chi connectivity index (χ2v) is 7.82. The van der Waals surface area contributed by atoms with E-state index in [0.29, 0.717) is 29.1 Å². The van der Waals surface area contributed by atoms with E-state index in [1.54, 1.807) is 6.07 Å². The van der Waals surface area contributed by atoms with Gasteiger partial charge in [-0.1, -0.05) is 81.6 Å². The van der Waals surface area contributed by atoms with Crippen LogP contribution >= 0.6 is 23.2 Å². The number of hydrogen-bond donors (Lipinski definition) is 2. The number of nitrogens with zero attached hydrogens (tertiary/aromatic N) is 3. The Morgan fingerprint density at radius 2 is 1.61 bits per heavy atom. The van der Waals surface area contributed by atoms with Gasteiger partial charge in [0, 0.05) is 19.6 Å². The van der Waals surface area contributed by atoms with Crippen molar-refractivity contribution in [3.8, 4) is 0 Å². The first-order chi connectivity index (χ1) is 13.5. The number of unbranched alkanes of at least 4 members (excludes halogenated alkanes) is 6. The normalized spacial score (nSPS) is 12.4. The number of hydrogen-bond acceptors (Lipinski definition) is 1. The number of aliphatic imine (C=N–C) groups is 2. The van der Waals surface area contributed by atoms with Crippen LogP contribution in [0.4, 0.5) is 0 Å². The molecule has 0 aliphatic rings. The monoisotopic (exact) mass is 427 g/mol. The summed E-state index contributed by atoms with van der Waals surface area (Å²) < 4.78 is 0. The molecule has 0 saturated carbocycles. The Kier molecular flexibility index (Phi) is 12.8. The molecule has 0 saturated heterocycles. The van der Waals surface area contributed by atoms with Crippen LogP contribution in [-0.4, -0.2) is 29.9 Å². The van der Waals surface area contributed by atoms with E-state index in [-0.39, 0.29) is 5.96 Å². The molecule has 0 heterocycles. The standard InChI is InChI=1S/C21H35Cl2N5/c1-3-5-7-8-9-10-13-26-20(24)27-21(25)28(14-6-4-2)16-17-11-12-18(22)19(23)15-17/h11-12,15H,3-10,13-14,16H2,1-2H3,(H4,24,25,26,27). The predicted molar refractivity (Wildman–Crippen MR) is 123 cm³/mol. The van der Waals surface area contributed by atoms with Crippen molar-refractivity contribution < 1.29 is 0 Å². The number of halogens is 2. The molecule has 0 fully saturated rings. The van der Waals surface area contributed by atoms with Gasteiger partial charge < -0.3 is 16.4 Å². The molecular formula is C21H35Cl2N5. The topological polar surface area (TPSA) is 80.0 Å². The number of nitrogens with two attached hydrogens (primary N) is 2. The van der Waals surface area contributed by atoms with Gasteiger partial charge in [0.05, 0.1) is 10.0 Å². The SMILES string of the molecule is CCCCCCCCN=C(N)/N=C(\N)N(CCCC)Cc1ccc(Cl)c(Cl)c1. The lowest BCUT2D eigenvalue weighted by Gasteiger charge is -2.23. The first-order valence-corrected chi connectivity index (χ1v) is 11.1. The Morgan fingerprint density at radius 1 is 0.929 bits per heavy atom. The highest BCUT2D eigenvalue weighted by Gasteiger charge is 2.10. The molecule has 1 aromatic rings. The first-order valence-electron chi connectivity index (χ1n) is 10.3. The van der Waals surface area contributed by atoms with Gasteiger partial charge in [0.15, 0.2) is 5.96 Å². The number of guanidine groups is 2. The highest BCUT2D eigenvalue weighted by molar-refractivity contribution is 6.42. The highest BCUT2D eigenvalue weighted by atomic mass is 35.5. The van der Waals surface area contributed by atoms with Crippen molar-refractivity contribution in [3.63, 3.8) is 0 Å². The lowest BCUT2D eigenvalue weighted by atomic mass is 10.1. The van der Waals surface area contributed by atoms with Crippen LogP contribution in [0, 0.1) is 0 Å². The molecule has 0 unspecified atom stereocenters. The summed E-state index contributed by atoms with van der Waals surface area (Å²) in [6.07, 6.45) is 9.39. The zero-order valence-corrected chi connectivity index (χ0v) is 18.8. The minimum Gasteiger partial charge on any atom is -0.369 e. The van der Waals surface area contributed by atoms with Crippen molar-refractivity contribution in [1.82, 2.24) is 4.90 Å². The van der Waals surface area contributed by atoms with Gasteiger partial charge in [-0.2, -0.15) is 4.99 Å². The Labute approximate surface area is 180 Å². The maximum absolute atomic E-state index is 6.22. The molecule has 1 aromatic carbocycles. The summed E-state index contributed by atoms with van der Waals surface area (Å²) in [6, 6.07) is 5.59. The lowest BCUT2D eigenvalue weighted by molar-refractivity contribution is 0.398. The van der Waals surface area contributed by atoms with Crippen LogP contribution in [-0.2, 0) is 6.54 Å². The molecule has 7 heteroatoms. The average Bonchev–Trinajstić information content (AvgIpc) is 2.67. The molecule has 158 valence electrons. The summed E-state index contributed by atoms with van der Waals surface area (Å²) in [5.41, 5.74) is 13.2. The molecule has 0 aromatic heterocycles. The summed E-state index contributed by atoms with van der Waals surface area (Å²) in [6.45, 7) is 6.43. The fourth-order valence-electron chi connectivity index (χ4n) is 2.79. The molecule has 1 rings (SSSR count). The predicted octanol–water partition coefficient (Wildman–Crippen LogP) is 5.59. The van der Waals surface area contributed by atoms with Crippen molar-refractivity contribution in [2.24, 2.45) is 21.5 Å². The van der Waals surface area contributed by atoms with Crippen molar-refractivity contribution >= 4 is 35.1 Å². The Balaban J connectivity index is 2.64. The van der Waals surface area contributed by atoms with Crippen LogP contribution in [0.25, 0.3) is 0 Å². The van der Waals surface area contributed by atoms with Gasteiger partial charge in [0.1, 0.15) is 0 Å². The van der Waals surface area contributed by atoms with E-state index < -0.39 is 0 Å². The van der Waals surface area contributed by atoms with E-state index in [0.717, 1.165) is 31.4 Å². The van der Waals surface area contributed by atoms with Gasteiger partial charge in [-0.15, -0.1) is 0 Å². The van der Waals surface area contributed by atoms with Crippen LogP contribution in [0.1, 0.15) is 70.8 Å². The molecule has 5 nitrogen and oxygen atoms in total. The summed E-state index contributed by atoms with van der Waals surface area (Å²) in [5, 5.41) is 1.07. The van der Waals surface area contributed by atoms with E-state index in [4.69, 9.17) is 34.7 Å². The molecule has 0 amide bonds. The van der Waals surface area contributed by atoms with Gasteiger partial charge >= 0.3 is 0 Å².